The molecule has 2 aliphatic rings. The summed E-state index contributed by atoms with van der Waals surface area (Å²) in [7, 11) is 3.88. The number of benzene rings is 2. The number of carbonyl (C=O) groups excluding carboxylic acids is 1. The number of carbonyl (C=O) groups is 1. The monoisotopic (exact) mass is 506 g/mol. The predicted octanol–water partition coefficient (Wildman–Crippen LogP) is 3.10. The summed E-state index contributed by atoms with van der Waals surface area (Å²) in [5.74, 6) is 1.96. The molecule has 0 aromatic heterocycles. The fourth-order valence-corrected chi connectivity index (χ4v) is 4.21. The van der Waals surface area contributed by atoms with Gasteiger partial charge in [0.1, 0.15) is 23.0 Å². The fraction of sp³-hybridized carbons (Fsp3) is 0.357. The highest BCUT2D eigenvalue weighted by Crippen LogP contribution is 2.29. The van der Waals surface area contributed by atoms with Crippen LogP contribution in [0.15, 0.2) is 83.6 Å². The third-order valence-corrected chi connectivity index (χ3v) is 6.46. The minimum absolute atomic E-state index is 0.0715. The summed E-state index contributed by atoms with van der Waals surface area (Å²) in [6.45, 7) is 1.57. The first-order valence-corrected chi connectivity index (χ1v) is 12.4. The molecule has 2 aromatic rings. The van der Waals surface area contributed by atoms with E-state index in [1.807, 2.05) is 79.7 Å². The van der Waals surface area contributed by atoms with Crippen LogP contribution in [0, 0.1) is 0 Å². The normalized spacial score (nSPS) is 21.0. The molecule has 1 atom stereocenters. The molecule has 8 nitrogen and oxygen atoms in total. The van der Waals surface area contributed by atoms with Crippen LogP contribution in [-0.4, -0.2) is 68.0 Å². The number of rotatable bonds is 9. The number of para-hydroxylation sites is 1. The Hall–Kier alpha value is -3.69. The third kappa shape index (κ3) is 7.18. The van der Waals surface area contributed by atoms with Gasteiger partial charge in [-0.05, 0) is 43.9 Å². The number of hydrogen-bond acceptors (Lipinski definition) is 7. The highest BCUT2D eigenvalue weighted by atomic mass is 19.1. The van der Waals surface area contributed by atoms with Crippen molar-refractivity contribution >= 4 is 12.2 Å². The standard InChI is InChI=1S/C28H35FN6O2/c1-34(2)16-6-9-26(36)35-17-14-27(29,15-18-35)20-31-25-19-28(30,33-21-32-25)22-10-12-24(13-11-22)37-23-7-4-3-5-8-23/h3-13,19,21,31H,14-18,20,30H2,1-2H3,(H,32,33). The summed E-state index contributed by atoms with van der Waals surface area (Å²) in [5.41, 5.74) is 4.83. The van der Waals surface area contributed by atoms with E-state index in [1.54, 1.807) is 17.1 Å². The second-order valence-corrected chi connectivity index (χ2v) is 9.72. The molecule has 0 bridgehead atoms. The van der Waals surface area contributed by atoms with E-state index in [2.05, 4.69) is 15.6 Å². The van der Waals surface area contributed by atoms with Gasteiger partial charge < -0.3 is 25.2 Å². The van der Waals surface area contributed by atoms with E-state index in [4.69, 9.17) is 10.5 Å². The lowest BCUT2D eigenvalue weighted by Crippen LogP contribution is -2.50. The molecular weight excluding hydrogens is 471 g/mol. The van der Waals surface area contributed by atoms with Crippen LogP contribution >= 0.6 is 0 Å². The second kappa shape index (κ2) is 11.6. The summed E-state index contributed by atoms with van der Waals surface area (Å²) in [6.07, 6.45) is 7.20. The molecule has 196 valence electrons. The van der Waals surface area contributed by atoms with Crippen molar-refractivity contribution in [3.63, 3.8) is 0 Å². The minimum Gasteiger partial charge on any atom is -0.457 e. The molecule has 37 heavy (non-hydrogen) atoms. The van der Waals surface area contributed by atoms with Crippen LogP contribution in [0.25, 0.3) is 0 Å². The van der Waals surface area contributed by atoms with Crippen molar-refractivity contribution in [1.29, 1.82) is 0 Å². The van der Waals surface area contributed by atoms with Crippen molar-refractivity contribution in [3.8, 4) is 11.5 Å². The Bertz CT molecular complexity index is 1140. The largest absolute Gasteiger partial charge is 0.457 e. The number of aliphatic imine (C=N–C) groups is 1. The Morgan fingerprint density at radius 1 is 1.16 bits per heavy atom. The lowest BCUT2D eigenvalue weighted by Gasteiger charge is -2.37. The SMILES string of the molecule is CN(C)CC=CC(=O)N1CCC(F)(CNC2=CC(N)(c3ccc(Oc4ccccc4)cc3)N=CN2)CC1. The van der Waals surface area contributed by atoms with E-state index in [0.717, 1.165) is 11.3 Å². The second-order valence-electron chi connectivity index (χ2n) is 9.72. The lowest BCUT2D eigenvalue weighted by atomic mass is 9.93. The number of alkyl halides is 1. The van der Waals surface area contributed by atoms with E-state index in [0.29, 0.717) is 31.2 Å². The zero-order valence-corrected chi connectivity index (χ0v) is 21.4. The maximum Gasteiger partial charge on any atom is 0.246 e. The van der Waals surface area contributed by atoms with Crippen molar-refractivity contribution in [2.75, 3.05) is 40.3 Å². The molecule has 0 radical (unpaired) electrons. The molecule has 1 saturated heterocycles. The zero-order valence-electron chi connectivity index (χ0n) is 21.4. The Morgan fingerprint density at radius 3 is 2.51 bits per heavy atom. The van der Waals surface area contributed by atoms with E-state index in [1.165, 1.54) is 6.34 Å². The smallest absolute Gasteiger partial charge is 0.246 e. The first-order chi connectivity index (χ1) is 17.7. The Morgan fingerprint density at radius 2 is 1.84 bits per heavy atom. The quantitative estimate of drug-likeness (QED) is 0.453. The van der Waals surface area contributed by atoms with Crippen molar-refractivity contribution in [1.82, 2.24) is 20.4 Å². The van der Waals surface area contributed by atoms with Crippen molar-refractivity contribution in [2.24, 2.45) is 10.7 Å². The van der Waals surface area contributed by atoms with Gasteiger partial charge in [-0.1, -0.05) is 36.4 Å². The van der Waals surface area contributed by atoms with Gasteiger partial charge in [-0.2, -0.15) is 0 Å². The van der Waals surface area contributed by atoms with Crippen molar-refractivity contribution in [2.45, 2.75) is 24.2 Å². The summed E-state index contributed by atoms with van der Waals surface area (Å²) >= 11 is 0. The van der Waals surface area contributed by atoms with Gasteiger partial charge in [0.25, 0.3) is 0 Å². The van der Waals surface area contributed by atoms with Gasteiger partial charge in [-0.25, -0.2) is 9.38 Å². The van der Waals surface area contributed by atoms with Crippen LogP contribution in [0.1, 0.15) is 18.4 Å². The van der Waals surface area contributed by atoms with E-state index in [9.17, 15) is 4.79 Å². The molecule has 9 heteroatoms. The number of likely N-dealkylation sites (tertiary alicyclic amines) is 1. The molecule has 2 aromatic carbocycles. The molecule has 1 amide bonds. The molecule has 1 unspecified atom stereocenters. The Balaban J connectivity index is 1.31. The van der Waals surface area contributed by atoms with Gasteiger partial charge in [0.15, 0.2) is 5.66 Å². The number of likely N-dealkylation sites (N-methyl/N-ethyl adjacent to an activating group) is 1. The van der Waals surface area contributed by atoms with E-state index in [-0.39, 0.29) is 25.3 Å². The van der Waals surface area contributed by atoms with Gasteiger partial charge in [-0.3, -0.25) is 10.5 Å². The Kier molecular flexibility index (Phi) is 8.25. The molecule has 0 aliphatic carbocycles. The van der Waals surface area contributed by atoms with Crippen LogP contribution < -0.4 is 21.1 Å². The molecule has 0 saturated carbocycles. The predicted molar refractivity (Wildman–Crippen MR) is 144 cm³/mol. The number of nitrogens with zero attached hydrogens (tertiary/aromatic N) is 3. The van der Waals surface area contributed by atoms with Gasteiger partial charge in [0, 0.05) is 44.6 Å². The van der Waals surface area contributed by atoms with Crippen LogP contribution in [0.4, 0.5) is 4.39 Å². The summed E-state index contributed by atoms with van der Waals surface area (Å²) in [5, 5.41) is 6.16. The molecule has 4 rings (SSSR count). The number of amides is 1. The molecule has 2 heterocycles. The molecule has 4 N–H and O–H groups in total. The number of ether oxygens (including phenoxy) is 1. The van der Waals surface area contributed by atoms with Crippen LogP contribution in [0.3, 0.4) is 0 Å². The third-order valence-electron chi connectivity index (χ3n) is 6.46. The molecule has 2 aliphatic heterocycles. The van der Waals surface area contributed by atoms with Crippen LogP contribution in [0.2, 0.25) is 0 Å². The topological polar surface area (TPSA) is 95.2 Å². The number of halogens is 1. The maximum atomic E-state index is 15.5. The first-order valence-electron chi connectivity index (χ1n) is 12.4. The van der Waals surface area contributed by atoms with Gasteiger partial charge in [-0.15, -0.1) is 0 Å². The van der Waals surface area contributed by atoms with Gasteiger partial charge >= 0.3 is 0 Å². The molecule has 1 fully saturated rings. The lowest BCUT2D eigenvalue weighted by molar-refractivity contribution is -0.128. The Labute approximate surface area is 217 Å². The van der Waals surface area contributed by atoms with Crippen LogP contribution in [-0.2, 0) is 10.5 Å². The highest BCUT2D eigenvalue weighted by Gasteiger charge is 2.36. The van der Waals surface area contributed by atoms with E-state index < -0.39 is 11.3 Å². The number of nitrogens with one attached hydrogen (secondary N) is 2. The summed E-state index contributed by atoms with van der Waals surface area (Å²) in [4.78, 5) is 20.4. The number of nitrogens with two attached hydrogens (primary N) is 1. The van der Waals surface area contributed by atoms with Crippen molar-refractivity contribution in [3.05, 3.63) is 84.2 Å². The fourth-order valence-electron chi connectivity index (χ4n) is 4.21. The maximum absolute atomic E-state index is 15.5. The van der Waals surface area contributed by atoms with Gasteiger partial charge in [0.05, 0.1) is 12.9 Å². The average Bonchev–Trinajstić information content (AvgIpc) is 2.89. The van der Waals surface area contributed by atoms with Crippen molar-refractivity contribution < 1.29 is 13.9 Å². The first kappa shape index (κ1) is 26.4. The van der Waals surface area contributed by atoms with Crippen LogP contribution in [0.5, 0.6) is 11.5 Å². The number of hydrogen-bond donors (Lipinski definition) is 3. The minimum atomic E-state index is -1.42. The average molecular weight is 507 g/mol. The highest BCUT2D eigenvalue weighted by molar-refractivity contribution is 5.87. The molecule has 0 spiro atoms. The summed E-state index contributed by atoms with van der Waals surface area (Å²) in [6, 6.07) is 17.0. The summed E-state index contributed by atoms with van der Waals surface area (Å²) < 4.78 is 21.4. The zero-order chi connectivity index (χ0) is 26.3. The molecular formula is C28H35FN6O2. The number of piperidine rings is 1. The van der Waals surface area contributed by atoms with Gasteiger partial charge in [0.2, 0.25) is 5.91 Å². The van der Waals surface area contributed by atoms with E-state index >= 15 is 4.39 Å².